The van der Waals surface area contributed by atoms with Crippen LogP contribution in [0.15, 0.2) is 53.4 Å². The Balaban J connectivity index is 2.59. The van der Waals surface area contributed by atoms with E-state index in [2.05, 4.69) is 5.32 Å². The number of benzene rings is 2. The van der Waals surface area contributed by atoms with Gasteiger partial charge in [-0.1, -0.05) is 36.7 Å². The largest absolute Gasteiger partial charge is 0.416 e. The highest BCUT2D eigenvalue weighted by Crippen LogP contribution is 2.37. The molecule has 0 aliphatic heterocycles. The molecule has 5 nitrogen and oxygen atoms in total. The predicted octanol–water partition coefficient (Wildman–Crippen LogP) is 4.86. The first kappa shape index (κ1) is 24.0. The maximum atomic E-state index is 13.2. The van der Waals surface area contributed by atoms with Gasteiger partial charge in [0.1, 0.15) is 6.54 Å². The van der Waals surface area contributed by atoms with E-state index in [1.54, 1.807) is 19.9 Å². The van der Waals surface area contributed by atoms with Gasteiger partial charge in [0.05, 0.1) is 21.2 Å². The SMILES string of the molecule is CCC(C)(C)NC(=O)CN(c1cc(C(F)(F)F)ccc1Cl)S(=O)(=O)c1ccccc1. The van der Waals surface area contributed by atoms with Crippen molar-refractivity contribution in [2.75, 3.05) is 10.8 Å². The number of halogens is 4. The zero-order valence-corrected chi connectivity index (χ0v) is 18.2. The number of nitrogens with zero attached hydrogens (tertiary/aromatic N) is 1. The van der Waals surface area contributed by atoms with E-state index in [9.17, 15) is 26.4 Å². The lowest BCUT2D eigenvalue weighted by molar-refractivity contribution is -0.137. The number of hydrogen-bond acceptors (Lipinski definition) is 3. The standard InChI is InChI=1S/C20H22ClF3N2O3S/c1-4-19(2,3)25-18(27)13-26(30(28,29)15-8-6-5-7-9-15)17-12-14(20(22,23)24)10-11-16(17)21/h5-12H,4,13H2,1-3H3,(H,25,27). The molecule has 0 spiro atoms. The van der Waals surface area contributed by atoms with Crippen molar-refractivity contribution in [2.24, 2.45) is 0 Å². The van der Waals surface area contributed by atoms with E-state index in [-0.39, 0.29) is 9.92 Å². The molecule has 0 atom stereocenters. The summed E-state index contributed by atoms with van der Waals surface area (Å²) in [6, 6.07) is 9.45. The Labute approximate surface area is 178 Å². The lowest BCUT2D eigenvalue weighted by Crippen LogP contribution is -2.48. The van der Waals surface area contributed by atoms with Crippen LogP contribution in [0.2, 0.25) is 5.02 Å². The summed E-state index contributed by atoms with van der Waals surface area (Å²) in [5, 5.41) is 2.45. The molecule has 0 aliphatic rings. The molecule has 2 aromatic carbocycles. The summed E-state index contributed by atoms with van der Waals surface area (Å²) in [5.41, 5.74) is -2.14. The minimum atomic E-state index is -4.71. The van der Waals surface area contributed by atoms with Crippen LogP contribution in [0.1, 0.15) is 32.8 Å². The van der Waals surface area contributed by atoms with Gasteiger partial charge >= 0.3 is 6.18 Å². The normalized spacial score (nSPS) is 12.5. The van der Waals surface area contributed by atoms with Crippen molar-refractivity contribution >= 4 is 33.2 Å². The van der Waals surface area contributed by atoms with E-state index < -0.39 is 45.4 Å². The summed E-state index contributed by atoms with van der Waals surface area (Å²) >= 11 is 6.07. The first-order valence-corrected chi connectivity index (χ1v) is 10.9. The van der Waals surface area contributed by atoms with Crippen molar-refractivity contribution in [1.29, 1.82) is 0 Å². The van der Waals surface area contributed by atoms with Gasteiger partial charge in [-0.05, 0) is 50.6 Å². The van der Waals surface area contributed by atoms with E-state index in [1.165, 1.54) is 24.3 Å². The zero-order valence-electron chi connectivity index (χ0n) is 16.6. The first-order chi connectivity index (χ1) is 13.8. The van der Waals surface area contributed by atoms with Crippen LogP contribution < -0.4 is 9.62 Å². The fourth-order valence-corrected chi connectivity index (χ4v) is 4.26. The smallest absolute Gasteiger partial charge is 0.350 e. The second-order valence-corrected chi connectivity index (χ2v) is 9.54. The molecule has 1 amide bonds. The topological polar surface area (TPSA) is 66.5 Å². The molecule has 2 rings (SSSR count). The molecular formula is C20H22ClF3N2O3S. The predicted molar refractivity (Wildman–Crippen MR) is 110 cm³/mol. The molecule has 0 saturated heterocycles. The van der Waals surface area contributed by atoms with Crippen LogP contribution in [0.25, 0.3) is 0 Å². The molecule has 0 aromatic heterocycles. The van der Waals surface area contributed by atoms with E-state index >= 15 is 0 Å². The van der Waals surface area contributed by atoms with Crippen LogP contribution in [0.5, 0.6) is 0 Å². The highest BCUT2D eigenvalue weighted by Gasteiger charge is 2.35. The fraction of sp³-hybridized carbons (Fsp3) is 0.350. The molecule has 0 unspecified atom stereocenters. The minimum Gasteiger partial charge on any atom is -0.350 e. The van der Waals surface area contributed by atoms with Crippen molar-refractivity contribution in [2.45, 2.75) is 43.8 Å². The van der Waals surface area contributed by atoms with Gasteiger partial charge in [0.25, 0.3) is 10.0 Å². The van der Waals surface area contributed by atoms with Gasteiger partial charge in [-0.15, -0.1) is 0 Å². The van der Waals surface area contributed by atoms with E-state index in [4.69, 9.17) is 11.6 Å². The van der Waals surface area contributed by atoms with E-state index in [0.717, 1.165) is 12.1 Å². The van der Waals surface area contributed by atoms with Crippen LogP contribution >= 0.6 is 11.6 Å². The van der Waals surface area contributed by atoms with Gasteiger partial charge in [-0.2, -0.15) is 13.2 Å². The number of sulfonamides is 1. The molecule has 0 aliphatic carbocycles. The lowest BCUT2D eigenvalue weighted by Gasteiger charge is -2.29. The van der Waals surface area contributed by atoms with Crippen LogP contribution in [0.4, 0.5) is 18.9 Å². The lowest BCUT2D eigenvalue weighted by atomic mass is 10.0. The maximum absolute atomic E-state index is 13.2. The van der Waals surface area contributed by atoms with Crippen molar-refractivity contribution in [3.63, 3.8) is 0 Å². The summed E-state index contributed by atoms with van der Waals surface area (Å²) in [6.07, 6.45) is -4.15. The maximum Gasteiger partial charge on any atom is 0.416 e. The third kappa shape index (κ3) is 5.66. The molecule has 0 heterocycles. The number of hydrogen-bond donors (Lipinski definition) is 1. The molecule has 0 fully saturated rings. The Morgan fingerprint density at radius 1 is 1.10 bits per heavy atom. The average Bonchev–Trinajstić information content (AvgIpc) is 2.66. The summed E-state index contributed by atoms with van der Waals surface area (Å²) in [5.74, 6) is -0.671. The van der Waals surface area contributed by atoms with Crippen LogP contribution in [-0.4, -0.2) is 26.4 Å². The van der Waals surface area contributed by atoms with Gasteiger partial charge in [0, 0.05) is 5.54 Å². The van der Waals surface area contributed by atoms with Gasteiger partial charge < -0.3 is 5.32 Å². The Kier molecular flexibility index (Phi) is 7.08. The van der Waals surface area contributed by atoms with Gasteiger partial charge in [0.2, 0.25) is 5.91 Å². The molecule has 10 heteroatoms. The number of nitrogens with one attached hydrogen (secondary N) is 1. The Morgan fingerprint density at radius 3 is 2.23 bits per heavy atom. The second kappa shape index (κ2) is 8.85. The minimum absolute atomic E-state index is 0.180. The van der Waals surface area contributed by atoms with Crippen molar-refractivity contribution in [3.05, 3.63) is 59.1 Å². The van der Waals surface area contributed by atoms with E-state index in [1.807, 2.05) is 6.92 Å². The van der Waals surface area contributed by atoms with Gasteiger partial charge in [0.15, 0.2) is 0 Å². The van der Waals surface area contributed by atoms with Crippen molar-refractivity contribution < 1.29 is 26.4 Å². The average molecular weight is 463 g/mol. The van der Waals surface area contributed by atoms with Crippen molar-refractivity contribution in [3.8, 4) is 0 Å². The Hall–Kier alpha value is -2.26. The number of carbonyl (C=O) groups is 1. The first-order valence-electron chi connectivity index (χ1n) is 9.03. The summed E-state index contributed by atoms with van der Waals surface area (Å²) < 4.78 is 66.7. The number of alkyl halides is 3. The molecule has 0 saturated carbocycles. The quantitative estimate of drug-likeness (QED) is 0.639. The number of rotatable bonds is 7. The summed E-state index contributed by atoms with van der Waals surface area (Å²) in [4.78, 5) is 12.4. The van der Waals surface area contributed by atoms with Crippen LogP contribution in [0.3, 0.4) is 0 Å². The summed E-state index contributed by atoms with van der Waals surface area (Å²) in [7, 11) is -4.38. The highest BCUT2D eigenvalue weighted by molar-refractivity contribution is 7.92. The molecular weight excluding hydrogens is 441 g/mol. The Bertz CT molecular complexity index is 1010. The van der Waals surface area contributed by atoms with Gasteiger partial charge in [-0.25, -0.2) is 8.42 Å². The number of amides is 1. The third-order valence-corrected chi connectivity index (χ3v) is 6.62. The second-order valence-electron chi connectivity index (χ2n) is 7.27. The van der Waals surface area contributed by atoms with Crippen molar-refractivity contribution in [1.82, 2.24) is 5.32 Å². The van der Waals surface area contributed by atoms with Crippen LogP contribution in [-0.2, 0) is 21.0 Å². The summed E-state index contributed by atoms with van der Waals surface area (Å²) in [6.45, 7) is 4.60. The van der Waals surface area contributed by atoms with Gasteiger partial charge in [-0.3, -0.25) is 9.10 Å². The van der Waals surface area contributed by atoms with Crippen LogP contribution in [0, 0.1) is 0 Å². The molecule has 0 bridgehead atoms. The molecule has 0 radical (unpaired) electrons. The molecule has 164 valence electrons. The van der Waals surface area contributed by atoms with E-state index in [0.29, 0.717) is 16.8 Å². The fourth-order valence-electron chi connectivity index (χ4n) is 2.54. The number of anilines is 1. The monoisotopic (exact) mass is 462 g/mol. The number of carbonyl (C=O) groups excluding carboxylic acids is 1. The Morgan fingerprint density at radius 2 is 1.70 bits per heavy atom. The molecule has 2 aromatic rings. The highest BCUT2D eigenvalue weighted by atomic mass is 35.5. The zero-order chi connectivity index (χ0) is 22.7. The third-order valence-electron chi connectivity index (χ3n) is 4.52. The molecule has 1 N–H and O–H groups in total. The molecule has 30 heavy (non-hydrogen) atoms.